The lowest BCUT2D eigenvalue weighted by molar-refractivity contribution is -0.633. The van der Waals surface area contributed by atoms with Crippen LogP contribution in [0.25, 0.3) is 44.2 Å². The number of aromatic amines is 2. The molecule has 116 valence electrons. The molecule has 3 heteroatoms. The van der Waals surface area contributed by atoms with Gasteiger partial charge in [0.2, 0.25) is 0 Å². The van der Waals surface area contributed by atoms with Gasteiger partial charge >= 0.3 is 0 Å². The number of imidazole rings is 1. The van der Waals surface area contributed by atoms with Crippen molar-refractivity contribution in [2.75, 3.05) is 0 Å². The Hall–Kier alpha value is -3.07. The average molecular weight is 312 g/mol. The van der Waals surface area contributed by atoms with Crippen molar-refractivity contribution in [3.63, 3.8) is 0 Å². The summed E-state index contributed by atoms with van der Waals surface area (Å²) in [7, 11) is 2.12. The number of para-hydroxylation sites is 1. The van der Waals surface area contributed by atoms with Crippen molar-refractivity contribution < 1.29 is 4.57 Å². The summed E-state index contributed by atoms with van der Waals surface area (Å²) in [5.74, 6) is 1.14. The van der Waals surface area contributed by atoms with Crippen molar-refractivity contribution in [3.8, 4) is 11.4 Å². The predicted octanol–water partition coefficient (Wildman–Crippen LogP) is 4.60. The Kier molecular flexibility index (Phi) is 2.63. The molecule has 0 saturated carbocycles. The van der Waals surface area contributed by atoms with Gasteiger partial charge in [0.1, 0.15) is 0 Å². The van der Waals surface area contributed by atoms with E-state index in [1.165, 1.54) is 38.4 Å². The van der Waals surface area contributed by atoms with Crippen molar-refractivity contribution in [1.29, 1.82) is 0 Å². The number of hydrogen-bond acceptors (Lipinski definition) is 0. The standard InChI is InChI=1S/C21H17N3/c1-13-7-3-4-8-14(13)21-23-19-11-16-15-9-5-6-10-17(15)22-18(16)12-20(19)24(21)2/h3-12,22H,1-2H3/p+1. The summed E-state index contributed by atoms with van der Waals surface area (Å²) in [6.07, 6.45) is 0. The summed E-state index contributed by atoms with van der Waals surface area (Å²) < 4.78 is 2.24. The van der Waals surface area contributed by atoms with E-state index < -0.39 is 0 Å². The van der Waals surface area contributed by atoms with Gasteiger partial charge in [-0.05, 0) is 30.7 Å². The minimum absolute atomic E-state index is 1.14. The van der Waals surface area contributed by atoms with Crippen LogP contribution in [0.1, 0.15) is 5.56 Å². The molecule has 0 fully saturated rings. The van der Waals surface area contributed by atoms with E-state index in [1.54, 1.807) is 0 Å². The minimum Gasteiger partial charge on any atom is -0.354 e. The molecular formula is C21H18N3+. The quantitative estimate of drug-likeness (QED) is 0.424. The van der Waals surface area contributed by atoms with Crippen LogP contribution in [0.3, 0.4) is 0 Å². The number of nitrogens with one attached hydrogen (secondary N) is 2. The molecule has 0 unspecified atom stereocenters. The maximum absolute atomic E-state index is 3.62. The predicted molar refractivity (Wildman–Crippen MR) is 99.0 cm³/mol. The molecule has 5 rings (SSSR count). The summed E-state index contributed by atoms with van der Waals surface area (Å²) in [4.78, 5) is 7.15. The van der Waals surface area contributed by atoms with Gasteiger partial charge in [-0.2, -0.15) is 0 Å². The van der Waals surface area contributed by atoms with Crippen molar-refractivity contribution in [2.24, 2.45) is 7.05 Å². The topological polar surface area (TPSA) is 35.5 Å². The third-order valence-electron chi connectivity index (χ3n) is 4.97. The van der Waals surface area contributed by atoms with Gasteiger partial charge < -0.3 is 4.98 Å². The van der Waals surface area contributed by atoms with Gasteiger partial charge in [0.15, 0.2) is 11.0 Å². The van der Waals surface area contributed by atoms with Gasteiger partial charge in [0.05, 0.1) is 18.1 Å². The summed E-state index contributed by atoms with van der Waals surface area (Å²) in [5, 5.41) is 2.53. The molecule has 0 aliphatic heterocycles. The summed E-state index contributed by atoms with van der Waals surface area (Å²) in [5.41, 5.74) is 7.23. The van der Waals surface area contributed by atoms with Crippen molar-refractivity contribution in [3.05, 3.63) is 66.2 Å². The highest BCUT2D eigenvalue weighted by Crippen LogP contribution is 2.29. The fraction of sp³-hybridized carbons (Fsp3) is 0.0952. The smallest absolute Gasteiger partial charge is 0.287 e. The van der Waals surface area contributed by atoms with Crippen LogP contribution in [0.5, 0.6) is 0 Å². The Morgan fingerprint density at radius 2 is 1.54 bits per heavy atom. The second-order valence-corrected chi connectivity index (χ2v) is 6.43. The molecule has 24 heavy (non-hydrogen) atoms. The minimum atomic E-state index is 1.14. The molecule has 0 aliphatic carbocycles. The van der Waals surface area contributed by atoms with Gasteiger partial charge in [0, 0.05) is 22.4 Å². The zero-order chi connectivity index (χ0) is 16.3. The highest BCUT2D eigenvalue weighted by atomic mass is 15.1. The van der Waals surface area contributed by atoms with E-state index in [4.69, 9.17) is 0 Å². The molecule has 5 aromatic rings. The molecule has 3 aromatic carbocycles. The first-order valence-corrected chi connectivity index (χ1v) is 8.20. The molecule has 2 N–H and O–H groups in total. The van der Waals surface area contributed by atoms with Crippen LogP contribution in [0.4, 0.5) is 0 Å². The van der Waals surface area contributed by atoms with E-state index in [2.05, 4.69) is 89.2 Å². The van der Waals surface area contributed by atoms with E-state index in [0.717, 1.165) is 11.3 Å². The van der Waals surface area contributed by atoms with Gasteiger partial charge in [0.25, 0.3) is 5.82 Å². The monoisotopic (exact) mass is 312 g/mol. The zero-order valence-corrected chi connectivity index (χ0v) is 13.7. The van der Waals surface area contributed by atoms with Crippen LogP contribution in [-0.4, -0.2) is 9.97 Å². The molecule has 2 aromatic heterocycles. The number of fused-ring (bicyclic) bond motifs is 4. The summed E-state index contributed by atoms with van der Waals surface area (Å²) >= 11 is 0. The molecular weight excluding hydrogens is 294 g/mol. The first-order chi connectivity index (χ1) is 11.7. The molecule has 0 bridgehead atoms. The Morgan fingerprint density at radius 3 is 2.42 bits per heavy atom. The molecule has 2 heterocycles. The maximum atomic E-state index is 3.62. The van der Waals surface area contributed by atoms with Crippen LogP contribution in [0, 0.1) is 6.92 Å². The number of benzene rings is 3. The van der Waals surface area contributed by atoms with Gasteiger partial charge in [-0.3, -0.25) is 0 Å². The Bertz CT molecular complexity index is 1220. The van der Waals surface area contributed by atoms with E-state index in [0.29, 0.717) is 0 Å². The fourth-order valence-corrected chi connectivity index (χ4v) is 3.68. The lowest BCUT2D eigenvalue weighted by Crippen LogP contribution is -2.29. The van der Waals surface area contributed by atoms with Crippen LogP contribution in [0.2, 0.25) is 0 Å². The lowest BCUT2D eigenvalue weighted by atomic mass is 10.1. The highest BCUT2D eigenvalue weighted by molar-refractivity contribution is 6.10. The second-order valence-electron chi connectivity index (χ2n) is 6.43. The second kappa shape index (κ2) is 4.71. The fourth-order valence-electron chi connectivity index (χ4n) is 3.68. The van der Waals surface area contributed by atoms with Crippen LogP contribution < -0.4 is 4.57 Å². The van der Waals surface area contributed by atoms with Gasteiger partial charge in [-0.1, -0.05) is 36.4 Å². The molecule has 0 spiro atoms. The van der Waals surface area contributed by atoms with Crippen molar-refractivity contribution in [1.82, 2.24) is 9.97 Å². The van der Waals surface area contributed by atoms with Crippen LogP contribution in [-0.2, 0) is 7.05 Å². The normalized spacial score (nSPS) is 11.8. The van der Waals surface area contributed by atoms with Crippen LogP contribution >= 0.6 is 0 Å². The largest absolute Gasteiger partial charge is 0.354 e. The SMILES string of the molecule is Cc1ccccc1-c1[nH]c2cc3c(cc2[n+]1C)[nH]c1ccccc13. The zero-order valence-electron chi connectivity index (χ0n) is 13.7. The van der Waals surface area contributed by atoms with E-state index in [9.17, 15) is 0 Å². The number of rotatable bonds is 1. The third kappa shape index (κ3) is 1.75. The number of aromatic nitrogens is 3. The van der Waals surface area contributed by atoms with E-state index in [-0.39, 0.29) is 0 Å². The number of H-pyrrole nitrogens is 2. The number of hydrogen-bond donors (Lipinski definition) is 2. The molecule has 0 amide bonds. The average Bonchev–Trinajstić information content (AvgIpc) is 3.11. The van der Waals surface area contributed by atoms with E-state index >= 15 is 0 Å². The molecule has 3 nitrogen and oxygen atoms in total. The van der Waals surface area contributed by atoms with Crippen molar-refractivity contribution >= 4 is 32.8 Å². The third-order valence-corrected chi connectivity index (χ3v) is 4.97. The molecule has 0 saturated heterocycles. The molecule has 0 radical (unpaired) electrons. The first-order valence-electron chi connectivity index (χ1n) is 8.20. The Morgan fingerprint density at radius 1 is 0.750 bits per heavy atom. The first kappa shape index (κ1) is 13.4. The molecule has 0 aliphatic rings. The van der Waals surface area contributed by atoms with Crippen LogP contribution in [0.15, 0.2) is 60.7 Å². The number of aryl methyl sites for hydroxylation is 2. The number of nitrogens with zero attached hydrogens (tertiary/aromatic N) is 1. The lowest BCUT2D eigenvalue weighted by Gasteiger charge is -1.99. The Labute approximate surface area is 139 Å². The van der Waals surface area contributed by atoms with E-state index in [1.807, 2.05) is 0 Å². The molecule has 0 atom stereocenters. The highest BCUT2D eigenvalue weighted by Gasteiger charge is 2.20. The van der Waals surface area contributed by atoms with Crippen molar-refractivity contribution in [2.45, 2.75) is 6.92 Å². The van der Waals surface area contributed by atoms with Gasteiger partial charge in [-0.25, -0.2) is 9.55 Å². The summed E-state index contributed by atoms with van der Waals surface area (Å²) in [6, 6.07) is 21.4. The Balaban J connectivity index is 1.85. The maximum Gasteiger partial charge on any atom is 0.287 e. The summed E-state index contributed by atoms with van der Waals surface area (Å²) in [6.45, 7) is 2.15. The van der Waals surface area contributed by atoms with Gasteiger partial charge in [-0.15, -0.1) is 0 Å².